The van der Waals surface area contributed by atoms with E-state index in [1.165, 1.54) is 6.07 Å². The van der Waals surface area contributed by atoms with Gasteiger partial charge < -0.3 is 0 Å². The quantitative estimate of drug-likeness (QED) is 0.357. The zero-order chi connectivity index (χ0) is 23.7. The Bertz CT molecular complexity index is 1130. The minimum atomic E-state index is -1.05. The number of rotatable bonds is 6. The van der Waals surface area contributed by atoms with Crippen LogP contribution in [0.25, 0.3) is 0 Å². The molecular formula is C26H25ClN2O4. The van der Waals surface area contributed by atoms with Crippen LogP contribution in [0.2, 0.25) is 5.02 Å². The summed E-state index contributed by atoms with van der Waals surface area (Å²) in [5, 5.41) is 2.15. The van der Waals surface area contributed by atoms with Gasteiger partial charge in [0, 0.05) is 5.56 Å². The smallest absolute Gasteiger partial charge is 0.275 e. The number of carbonyl (C=O) groups is 4. The van der Waals surface area contributed by atoms with Gasteiger partial charge in [-0.05, 0) is 30.9 Å². The molecule has 0 N–H and O–H groups in total. The summed E-state index contributed by atoms with van der Waals surface area (Å²) >= 11 is 6.30. The van der Waals surface area contributed by atoms with Gasteiger partial charge in [-0.1, -0.05) is 80.1 Å². The Morgan fingerprint density at radius 3 is 2.36 bits per heavy atom. The molecule has 1 saturated heterocycles. The fourth-order valence-corrected chi connectivity index (χ4v) is 4.95. The van der Waals surface area contributed by atoms with E-state index in [-0.39, 0.29) is 28.7 Å². The highest BCUT2D eigenvalue weighted by Crippen LogP contribution is 2.40. The third kappa shape index (κ3) is 4.00. The molecule has 0 bridgehead atoms. The first kappa shape index (κ1) is 22.9. The fourth-order valence-electron chi connectivity index (χ4n) is 4.74. The van der Waals surface area contributed by atoms with Gasteiger partial charge in [0.1, 0.15) is 6.04 Å². The monoisotopic (exact) mass is 464 g/mol. The zero-order valence-electron chi connectivity index (χ0n) is 18.5. The fraction of sp³-hybridized carbons (Fsp3) is 0.308. The van der Waals surface area contributed by atoms with Crippen LogP contribution in [0.1, 0.15) is 47.4 Å². The Hall–Kier alpha value is -3.25. The molecule has 0 aromatic heterocycles. The van der Waals surface area contributed by atoms with E-state index in [0.717, 1.165) is 10.0 Å². The van der Waals surface area contributed by atoms with Crippen molar-refractivity contribution in [2.24, 2.45) is 17.8 Å². The first-order valence-corrected chi connectivity index (χ1v) is 11.5. The molecule has 2 aromatic rings. The Balaban J connectivity index is 1.82. The molecule has 1 heterocycles. The summed E-state index contributed by atoms with van der Waals surface area (Å²) in [4.78, 5) is 54.3. The maximum atomic E-state index is 13.8. The van der Waals surface area contributed by atoms with Crippen LogP contribution in [-0.4, -0.2) is 39.6 Å². The first-order chi connectivity index (χ1) is 15.9. The molecule has 2 aromatic carbocycles. The van der Waals surface area contributed by atoms with Crippen LogP contribution in [0.5, 0.6) is 0 Å². The number of hydrogen-bond acceptors (Lipinski definition) is 4. The number of carbonyl (C=O) groups excluding carboxylic acids is 4. The van der Waals surface area contributed by atoms with Crippen LogP contribution in [-0.2, 0) is 9.59 Å². The summed E-state index contributed by atoms with van der Waals surface area (Å²) < 4.78 is 0. The van der Waals surface area contributed by atoms with E-state index < -0.39 is 35.6 Å². The van der Waals surface area contributed by atoms with Gasteiger partial charge in [0.15, 0.2) is 5.78 Å². The molecule has 0 unspecified atom stereocenters. The summed E-state index contributed by atoms with van der Waals surface area (Å²) in [6.45, 7) is 3.63. The van der Waals surface area contributed by atoms with E-state index in [1.807, 2.05) is 19.1 Å². The van der Waals surface area contributed by atoms with Crippen LogP contribution >= 0.6 is 11.6 Å². The van der Waals surface area contributed by atoms with E-state index in [4.69, 9.17) is 11.6 Å². The van der Waals surface area contributed by atoms with Gasteiger partial charge in [-0.25, -0.2) is 5.01 Å². The Labute approximate surface area is 197 Å². The molecule has 2 aliphatic rings. The third-order valence-electron chi connectivity index (χ3n) is 6.42. The Morgan fingerprint density at radius 2 is 1.73 bits per heavy atom. The molecular weight excluding hydrogens is 440 g/mol. The molecule has 33 heavy (non-hydrogen) atoms. The average Bonchev–Trinajstić information content (AvgIpc) is 3.08. The van der Waals surface area contributed by atoms with Crippen molar-refractivity contribution in [3.63, 3.8) is 0 Å². The molecule has 170 valence electrons. The van der Waals surface area contributed by atoms with Crippen LogP contribution in [0.3, 0.4) is 0 Å². The van der Waals surface area contributed by atoms with Gasteiger partial charge >= 0.3 is 0 Å². The number of ketones is 1. The van der Waals surface area contributed by atoms with Gasteiger partial charge in [0.25, 0.3) is 17.7 Å². The maximum Gasteiger partial charge on any atom is 0.275 e. The van der Waals surface area contributed by atoms with Crippen molar-refractivity contribution in [2.75, 3.05) is 0 Å². The van der Waals surface area contributed by atoms with Gasteiger partial charge in [-0.2, -0.15) is 5.01 Å². The number of hydrogen-bond donors (Lipinski definition) is 0. The number of benzene rings is 2. The standard InChI is InChI=1S/C26H25ClN2O4/c1-3-21(23(30)17-11-5-4-6-12-17)28(24(31)18-13-7-8-15-20(18)27)29-25(32)19-14-9-10-16(2)22(19)26(29)33/h4-13,15-16,19,21-22H,3,14H2,1-2H3/t16-,19-,21-,22-/m1/s1. The Morgan fingerprint density at radius 1 is 1.06 bits per heavy atom. The van der Waals surface area contributed by atoms with E-state index in [1.54, 1.807) is 55.5 Å². The topological polar surface area (TPSA) is 74.8 Å². The van der Waals surface area contributed by atoms with Crippen molar-refractivity contribution in [3.05, 3.63) is 82.9 Å². The third-order valence-corrected chi connectivity index (χ3v) is 6.75. The van der Waals surface area contributed by atoms with Crippen LogP contribution < -0.4 is 0 Å². The summed E-state index contributed by atoms with van der Waals surface area (Å²) in [5.41, 5.74) is 0.521. The van der Waals surface area contributed by atoms with Crippen molar-refractivity contribution < 1.29 is 19.2 Å². The van der Waals surface area contributed by atoms with Crippen LogP contribution in [0.4, 0.5) is 0 Å². The van der Waals surface area contributed by atoms with E-state index in [0.29, 0.717) is 12.0 Å². The highest BCUT2D eigenvalue weighted by molar-refractivity contribution is 6.34. The van der Waals surface area contributed by atoms with Gasteiger partial charge in [-0.15, -0.1) is 0 Å². The van der Waals surface area contributed by atoms with Crippen molar-refractivity contribution in [1.82, 2.24) is 10.0 Å². The highest BCUT2D eigenvalue weighted by Gasteiger charge is 2.54. The molecule has 7 heteroatoms. The lowest BCUT2D eigenvalue weighted by Gasteiger charge is -2.36. The van der Waals surface area contributed by atoms with E-state index in [9.17, 15) is 19.2 Å². The second-order valence-corrected chi connectivity index (χ2v) is 8.83. The first-order valence-electron chi connectivity index (χ1n) is 11.1. The lowest BCUT2D eigenvalue weighted by atomic mass is 9.78. The highest BCUT2D eigenvalue weighted by atomic mass is 35.5. The predicted octanol–water partition coefficient (Wildman–Crippen LogP) is 4.56. The van der Waals surface area contributed by atoms with E-state index >= 15 is 0 Å². The predicted molar refractivity (Wildman–Crippen MR) is 124 cm³/mol. The van der Waals surface area contributed by atoms with Crippen molar-refractivity contribution >= 4 is 35.1 Å². The summed E-state index contributed by atoms with van der Waals surface area (Å²) in [7, 11) is 0. The molecule has 4 atom stereocenters. The number of imide groups is 1. The lowest BCUT2D eigenvalue weighted by molar-refractivity contribution is -0.156. The number of allylic oxidation sites excluding steroid dienone is 2. The molecule has 0 spiro atoms. The number of halogens is 1. The lowest BCUT2D eigenvalue weighted by Crippen LogP contribution is -2.57. The zero-order valence-corrected chi connectivity index (χ0v) is 19.2. The van der Waals surface area contributed by atoms with Crippen LogP contribution in [0, 0.1) is 17.8 Å². The average molecular weight is 465 g/mol. The molecule has 1 aliphatic carbocycles. The summed E-state index contributed by atoms with van der Waals surface area (Å²) in [6.07, 6.45) is 4.45. The molecule has 0 saturated carbocycles. The number of hydrazine groups is 1. The minimum absolute atomic E-state index is 0.125. The molecule has 0 radical (unpaired) electrons. The molecule has 4 rings (SSSR count). The molecule has 6 nitrogen and oxygen atoms in total. The maximum absolute atomic E-state index is 13.8. The van der Waals surface area contributed by atoms with Gasteiger partial charge in [-0.3, -0.25) is 19.2 Å². The largest absolute Gasteiger partial charge is 0.292 e. The number of nitrogens with zero attached hydrogens (tertiary/aromatic N) is 2. The van der Waals surface area contributed by atoms with Crippen molar-refractivity contribution in [2.45, 2.75) is 32.7 Å². The van der Waals surface area contributed by atoms with Crippen molar-refractivity contribution in [3.8, 4) is 0 Å². The Kier molecular flexibility index (Phi) is 6.47. The number of Topliss-reactive ketones (excluding diaryl/α,β-unsaturated/α-hetero) is 1. The molecule has 3 amide bonds. The summed E-state index contributed by atoms with van der Waals surface area (Å²) in [6, 6.07) is 13.9. The second-order valence-electron chi connectivity index (χ2n) is 8.43. The number of amides is 3. The normalized spacial score (nSPS) is 22.8. The molecule has 1 fully saturated rings. The SMILES string of the molecule is CC[C@H](C(=O)c1ccccc1)N(C(=O)c1ccccc1Cl)N1C(=O)[C@@H]2[C@H](C)C=CC[C@H]2C1=O. The summed E-state index contributed by atoms with van der Waals surface area (Å²) in [5.74, 6) is -3.18. The second kappa shape index (κ2) is 9.32. The van der Waals surface area contributed by atoms with Gasteiger partial charge in [0.05, 0.1) is 22.4 Å². The molecule has 1 aliphatic heterocycles. The van der Waals surface area contributed by atoms with Crippen molar-refractivity contribution in [1.29, 1.82) is 0 Å². The van der Waals surface area contributed by atoms with Crippen LogP contribution in [0.15, 0.2) is 66.7 Å². The van der Waals surface area contributed by atoms with Gasteiger partial charge in [0.2, 0.25) is 0 Å². The van der Waals surface area contributed by atoms with E-state index in [2.05, 4.69) is 0 Å². The number of fused-ring (bicyclic) bond motifs is 1. The minimum Gasteiger partial charge on any atom is -0.292 e.